The highest BCUT2D eigenvalue weighted by Crippen LogP contribution is 2.50. The highest BCUT2D eigenvalue weighted by atomic mass is 79.9. The molecule has 0 bridgehead atoms. The third kappa shape index (κ3) is 14.4. The monoisotopic (exact) mass is 1150 g/mol. The molecule has 75 heavy (non-hydrogen) atoms. The van der Waals surface area contributed by atoms with Gasteiger partial charge in [-0.3, -0.25) is 19.2 Å². The molecule has 406 valence electrons. The maximum atomic E-state index is 14.1. The maximum absolute atomic E-state index is 14.1. The number of aryl methyl sites for hydroxylation is 2. The SMILES string of the molecule is CCCCCCCCN1C(=O)C2=C(c3ccc(Br)s3)N(CCCCCCCC)C(=O)C2=C1c1ccc(C)s1.CCCCCCCCN1C(=O)C2=C(c3ccc(C)s3)N(CCCCCCCC)C(=O)C2=C1c1cccs1. The summed E-state index contributed by atoms with van der Waals surface area (Å²) in [4.78, 5) is 70.4. The quantitative estimate of drug-likeness (QED) is 0.0456. The smallest absolute Gasteiger partial charge is 0.261 e. The Bertz CT molecular complexity index is 2590. The van der Waals surface area contributed by atoms with Crippen LogP contribution in [0.25, 0.3) is 22.8 Å². The van der Waals surface area contributed by atoms with Crippen LogP contribution in [0.5, 0.6) is 0 Å². The molecule has 0 saturated heterocycles. The zero-order chi connectivity index (χ0) is 53.3. The molecule has 4 amide bonds. The third-order valence-corrected chi connectivity index (χ3v) is 19.3. The Hall–Kier alpha value is -3.88. The largest absolute Gasteiger partial charge is 0.306 e. The van der Waals surface area contributed by atoms with Crippen molar-refractivity contribution in [3.05, 3.63) is 109 Å². The minimum absolute atomic E-state index is 0.00630. The van der Waals surface area contributed by atoms with Crippen molar-refractivity contribution in [3.8, 4) is 0 Å². The van der Waals surface area contributed by atoms with Gasteiger partial charge in [0.05, 0.1) is 68.4 Å². The van der Waals surface area contributed by atoms with Crippen molar-refractivity contribution in [2.75, 3.05) is 26.2 Å². The van der Waals surface area contributed by atoms with Crippen LogP contribution in [0, 0.1) is 13.8 Å². The predicted molar refractivity (Wildman–Crippen MR) is 322 cm³/mol. The zero-order valence-corrected chi connectivity index (χ0v) is 50.8. The fourth-order valence-corrected chi connectivity index (χ4v) is 14.9. The first-order valence-electron chi connectivity index (χ1n) is 28.7. The number of amides is 4. The summed E-state index contributed by atoms with van der Waals surface area (Å²) in [5, 5.41) is 2.04. The van der Waals surface area contributed by atoms with E-state index in [1.165, 1.54) is 112 Å². The summed E-state index contributed by atoms with van der Waals surface area (Å²) < 4.78 is 1.01. The standard InChI is InChI=1S/C31H41BrN2O2S2.C31H42N2O2S2/c1-4-6-8-10-12-14-20-33-28(23-17-16-22(3)37-23)26-27(31(33)36)29(24-18-19-25(32)38-24)34(30(26)35)21-15-13-11-9-7-5-2;1-4-6-8-10-12-14-20-32-28(24-17-16-22-36-24)26-27(31(32)35)29(25-19-18-23(3)37-25)33(30(26)34)21-15-13-11-9-7-5-2/h16-19H,4-15,20-21H2,1-3H3;16-19,22H,4-15,20-21H2,1-3H3. The molecule has 13 heteroatoms. The van der Waals surface area contributed by atoms with Gasteiger partial charge in [0.2, 0.25) is 0 Å². The fraction of sp³-hybridized carbons (Fsp3) is 0.548. The molecule has 4 aliphatic rings. The molecule has 4 aromatic heterocycles. The highest BCUT2D eigenvalue weighted by molar-refractivity contribution is 9.11. The van der Waals surface area contributed by atoms with E-state index in [4.69, 9.17) is 0 Å². The minimum atomic E-state index is -0.00655. The van der Waals surface area contributed by atoms with Crippen molar-refractivity contribution in [3.63, 3.8) is 0 Å². The molecule has 0 radical (unpaired) electrons. The summed E-state index contributed by atoms with van der Waals surface area (Å²) in [7, 11) is 0. The number of unbranched alkanes of at least 4 members (excludes halogenated alkanes) is 20. The number of hydrogen-bond donors (Lipinski definition) is 0. The second-order valence-corrected chi connectivity index (χ2v) is 26.7. The molecule has 0 fully saturated rings. The first-order chi connectivity index (χ1) is 36.6. The van der Waals surface area contributed by atoms with Crippen molar-refractivity contribution in [1.82, 2.24) is 19.6 Å². The van der Waals surface area contributed by atoms with Crippen molar-refractivity contribution in [1.29, 1.82) is 0 Å². The molecule has 8 heterocycles. The lowest BCUT2D eigenvalue weighted by Crippen LogP contribution is -2.30. The molecule has 0 unspecified atom stereocenters. The van der Waals surface area contributed by atoms with Crippen LogP contribution in [0.2, 0.25) is 0 Å². The molecule has 4 aliphatic heterocycles. The van der Waals surface area contributed by atoms with Gasteiger partial charge in [-0.15, -0.1) is 45.3 Å². The lowest BCUT2D eigenvalue weighted by molar-refractivity contribution is -0.124. The number of hydrogen-bond acceptors (Lipinski definition) is 8. The summed E-state index contributed by atoms with van der Waals surface area (Å²) in [5.74, 6) is -0.000488. The number of rotatable bonds is 32. The third-order valence-electron chi connectivity index (χ3n) is 14.8. The van der Waals surface area contributed by atoms with E-state index in [2.05, 4.69) is 87.8 Å². The van der Waals surface area contributed by atoms with Gasteiger partial charge in [0.25, 0.3) is 23.6 Å². The Balaban J connectivity index is 0.000000219. The van der Waals surface area contributed by atoms with Gasteiger partial charge in [-0.2, -0.15) is 0 Å². The first-order valence-corrected chi connectivity index (χ1v) is 32.9. The summed E-state index contributed by atoms with van der Waals surface area (Å²) in [5.41, 5.74) is 5.82. The van der Waals surface area contributed by atoms with E-state index >= 15 is 0 Å². The number of halogens is 1. The Morgan fingerprint density at radius 2 is 0.653 bits per heavy atom. The summed E-state index contributed by atoms with van der Waals surface area (Å²) in [6, 6.07) is 16.5. The Kier molecular flexibility index (Phi) is 23.3. The normalized spacial score (nSPS) is 15.6. The molecule has 0 spiro atoms. The summed E-state index contributed by atoms with van der Waals surface area (Å²) >= 11 is 10.2. The molecule has 0 saturated carbocycles. The van der Waals surface area contributed by atoms with Gasteiger partial charge in [0.15, 0.2) is 0 Å². The Morgan fingerprint density at radius 3 is 0.920 bits per heavy atom. The van der Waals surface area contributed by atoms with Crippen LogP contribution in [0.4, 0.5) is 0 Å². The lowest BCUT2D eigenvalue weighted by Gasteiger charge is -2.24. The molecule has 0 N–H and O–H groups in total. The van der Waals surface area contributed by atoms with Gasteiger partial charge in [0.1, 0.15) is 0 Å². The van der Waals surface area contributed by atoms with E-state index in [9.17, 15) is 19.2 Å². The van der Waals surface area contributed by atoms with Crippen LogP contribution in [0.1, 0.15) is 211 Å². The number of nitrogens with zero attached hydrogens (tertiary/aromatic N) is 4. The number of fused-ring (bicyclic) bond motifs is 2. The Morgan fingerprint density at radius 1 is 0.360 bits per heavy atom. The molecule has 8 nitrogen and oxygen atoms in total. The topological polar surface area (TPSA) is 81.2 Å². The van der Waals surface area contributed by atoms with Gasteiger partial charge < -0.3 is 19.6 Å². The molecule has 0 atom stereocenters. The minimum Gasteiger partial charge on any atom is -0.306 e. The van der Waals surface area contributed by atoms with Crippen molar-refractivity contribution < 1.29 is 19.2 Å². The number of carbonyl (C=O) groups excluding carboxylic acids is 4. The van der Waals surface area contributed by atoms with Crippen LogP contribution >= 0.6 is 61.3 Å². The molecule has 8 rings (SSSR count). The van der Waals surface area contributed by atoms with Crippen molar-refractivity contribution in [2.45, 2.75) is 196 Å². The fourth-order valence-electron chi connectivity index (χ4n) is 10.9. The van der Waals surface area contributed by atoms with E-state index in [0.29, 0.717) is 48.5 Å². The second kappa shape index (κ2) is 29.7. The van der Waals surface area contributed by atoms with Gasteiger partial charge in [-0.25, -0.2) is 0 Å². The highest BCUT2D eigenvalue weighted by Gasteiger charge is 2.50. The predicted octanol–water partition coefficient (Wildman–Crippen LogP) is 18.1. The molecular weight excluding hydrogens is 1070 g/mol. The average Bonchev–Trinajstić information content (AvgIpc) is 4.36. The van der Waals surface area contributed by atoms with E-state index in [0.717, 1.165) is 97.4 Å². The maximum Gasteiger partial charge on any atom is 0.261 e. The molecular formula is C62H83BrN4O4S4. The summed E-state index contributed by atoms with van der Waals surface area (Å²) in [6.07, 6.45) is 28.1. The second-order valence-electron chi connectivity index (χ2n) is 20.7. The van der Waals surface area contributed by atoms with Crippen LogP contribution in [0.15, 0.2) is 80.0 Å². The van der Waals surface area contributed by atoms with Crippen molar-refractivity contribution >= 4 is 108 Å². The van der Waals surface area contributed by atoms with Gasteiger partial charge in [-0.05, 0) is 103 Å². The molecule has 0 aliphatic carbocycles. The summed E-state index contributed by atoms with van der Waals surface area (Å²) in [6.45, 7) is 15.8. The average molecular weight is 1160 g/mol. The van der Waals surface area contributed by atoms with Crippen LogP contribution in [0.3, 0.4) is 0 Å². The number of thiophene rings is 4. The van der Waals surface area contributed by atoms with Crippen LogP contribution in [-0.2, 0) is 19.2 Å². The van der Waals surface area contributed by atoms with Crippen LogP contribution in [-0.4, -0.2) is 69.4 Å². The lowest BCUT2D eigenvalue weighted by atomic mass is 10.1. The van der Waals surface area contributed by atoms with Crippen LogP contribution < -0.4 is 0 Å². The van der Waals surface area contributed by atoms with Gasteiger partial charge in [-0.1, -0.05) is 162 Å². The first kappa shape index (κ1) is 58.8. The van der Waals surface area contributed by atoms with Gasteiger partial charge in [0, 0.05) is 35.9 Å². The van der Waals surface area contributed by atoms with Gasteiger partial charge >= 0.3 is 0 Å². The van der Waals surface area contributed by atoms with E-state index in [-0.39, 0.29) is 23.6 Å². The van der Waals surface area contributed by atoms with E-state index in [1.807, 2.05) is 43.2 Å². The molecule has 0 aromatic carbocycles. The van der Waals surface area contributed by atoms with E-state index in [1.54, 1.807) is 45.3 Å². The number of carbonyl (C=O) groups is 4. The van der Waals surface area contributed by atoms with E-state index < -0.39 is 0 Å². The Labute approximate surface area is 474 Å². The van der Waals surface area contributed by atoms with Crippen molar-refractivity contribution in [2.24, 2.45) is 0 Å². The zero-order valence-electron chi connectivity index (χ0n) is 45.9. The molecule has 4 aromatic rings.